The lowest BCUT2D eigenvalue weighted by atomic mass is 10.1. The summed E-state index contributed by atoms with van der Waals surface area (Å²) in [7, 11) is 0. The lowest BCUT2D eigenvalue weighted by molar-refractivity contribution is 0.00827. The molecule has 3 heterocycles. The van der Waals surface area contributed by atoms with Gasteiger partial charge < -0.3 is 15.4 Å². The van der Waals surface area contributed by atoms with Crippen LogP contribution in [0.25, 0.3) is 16.6 Å². The standard InChI is InChI=1S/C21H26N6O2/c1-15-20(21(28)26-12-8-16(9-13-26)29-14-4-10-22)24-25-27(15)19-7-2-6-18-17(19)5-3-11-23-18/h2-3,5-7,11,16H,4,8-10,12-14,22H2,1H3. The highest BCUT2D eigenvalue weighted by Crippen LogP contribution is 2.23. The van der Waals surface area contributed by atoms with Crippen LogP contribution in [0.4, 0.5) is 0 Å². The Bertz CT molecular complexity index is 989. The topological polar surface area (TPSA) is 99.2 Å². The average molecular weight is 394 g/mol. The van der Waals surface area contributed by atoms with Crippen LogP contribution in [0.1, 0.15) is 35.4 Å². The van der Waals surface area contributed by atoms with Crippen molar-refractivity contribution in [2.75, 3.05) is 26.2 Å². The Morgan fingerprint density at radius 1 is 1.24 bits per heavy atom. The maximum atomic E-state index is 13.0. The molecule has 1 saturated heterocycles. The van der Waals surface area contributed by atoms with Gasteiger partial charge in [0.1, 0.15) is 0 Å². The maximum absolute atomic E-state index is 13.0. The average Bonchev–Trinajstić information content (AvgIpc) is 3.14. The summed E-state index contributed by atoms with van der Waals surface area (Å²) in [6.45, 7) is 4.53. The largest absolute Gasteiger partial charge is 0.378 e. The van der Waals surface area contributed by atoms with E-state index in [1.165, 1.54) is 0 Å². The second-order valence-corrected chi connectivity index (χ2v) is 7.29. The van der Waals surface area contributed by atoms with Gasteiger partial charge in [0, 0.05) is 31.3 Å². The number of ether oxygens (including phenoxy) is 1. The molecule has 0 radical (unpaired) electrons. The van der Waals surface area contributed by atoms with Crippen molar-refractivity contribution in [1.29, 1.82) is 0 Å². The smallest absolute Gasteiger partial charge is 0.276 e. The molecule has 29 heavy (non-hydrogen) atoms. The highest BCUT2D eigenvalue weighted by molar-refractivity contribution is 5.94. The summed E-state index contributed by atoms with van der Waals surface area (Å²) in [5, 5.41) is 9.45. The molecule has 2 N–H and O–H groups in total. The minimum atomic E-state index is -0.0764. The Morgan fingerprint density at radius 3 is 2.86 bits per heavy atom. The van der Waals surface area contributed by atoms with Crippen LogP contribution in [0.5, 0.6) is 0 Å². The van der Waals surface area contributed by atoms with Gasteiger partial charge in [0.25, 0.3) is 5.91 Å². The number of piperidine rings is 1. The Labute approximate surface area is 169 Å². The van der Waals surface area contributed by atoms with Gasteiger partial charge in [-0.2, -0.15) is 0 Å². The van der Waals surface area contributed by atoms with Crippen LogP contribution in [-0.4, -0.2) is 63.1 Å². The molecule has 3 aromatic rings. The van der Waals surface area contributed by atoms with Crippen LogP contribution < -0.4 is 5.73 Å². The number of aromatic nitrogens is 4. The van der Waals surface area contributed by atoms with E-state index in [0.717, 1.165) is 41.5 Å². The second-order valence-electron chi connectivity index (χ2n) is 7.29. The van der Waals surface area contributed by atoms with Crippen molar-refractivity contribution >= 4 is 16.8 Å². The molecule has 1 aliphatic heterocycles. The van der Waals surface area contributed by atoms with E-state index >= 15 is 0 Å². The van der Waals surface area contributed by atoms with Crippen molar-refractivity contribution in [1.82, 2.24) is 24.9 Å². The van der Waals surface area contributed by atoms with Gasteiger partial charge in [-0.05, 0) is 57.0 Å². The molecule has 2 aromatic heterocycles. The fourth-order valence-corrected chi connectivity index (χ4v) is 3.74. The van der Waals surface area contributed by atoms with Gasteiger partial charge in [-0.15, -0.1) is 5.10 Å². The summed E-state index contributed by atoms with van der Waals surface area (Å²) in [5.41, 5.74) is 8.38. The van der Waals surface area contributed by atoms with E-state index in [-0.39, 0.29) is 12.0 Å². The Hall–Kier alpha value is -2.84. The molecular weight excluding hydrogens is 368 g/mol. The first kappa shape index (κ1) is 19.5. The fraction of sp³-hybridized carbons (Fsp3) is 0.429. The third-order valence-corrected chi connectivity index (χ3v) is 5.38. The molecule has 1 fully saturated rings. The molecule has 8 heteroatoms. The molecule has 152 valence electrons. The summed E-state index contributed by atoms with van der Waals surface area (Å²) in [6, 6.07) is 9.74. The zero-order chi connectivity index (χ0) is 20.2. The zero-order valence-electron chi connectivity index (χ0n) is 16.6. The number of amides is 1. The molecule has 0 atom stereocenters. The van der Waals surface area contributed by atoms with Crippen molar-refractivity contribution in [3.05, 3.63) is 47.9 Å². The number of nitrogens with zero attached hydrogens (tertiary/aromatic N) is 5. The fourth-order valence-electron chi connectivity index (χ4n) is 3.74. The molecule has 8 nitrogen and oxygen atoms in total. The van der Waals surface area contributed by atoms with E-state index in [1.807, 2.05) is 42.2 Å². The number of hydrogen-bond donors (Lipinski definition) is 1. The van der Waals surface area contributed by atoms with Gasteiger partial charge in [0.15, 0.2) is 5.69 Å². The van der Waals surface area contributed by atoms with Crippen molar-refractivity contribution in [2.24, 2.45) is 5.73 Å². The van der Waals surface area contributed by atoms with Gasteiger partial charge in [-0.3, -0.25) is 9.78 Å². The number of hydrogen-bond acceptors (Lipinski definition) is 6. The van der Waals surface area contributed by atoms with Crippen LogP contribution in [0.2, 0.25) is 0 Å². The third-order valence-electron chi connectivity index (χ3n) is 5.38. The number of rotatable bonds is 6. The van der Waals surface area contributed by atoms with Crippen LogP contribution in [0, 0.1) is 6.92 Å². The highest BCUT2D eigenvalue weighted by Gasteiger charge is 2.27. The van der Waals surface area contributed by atoms with Gasteiger partial charge >= 0.3 is 0 Å². The predicted molar refractivity (Wildman–Crippen MR) is 110 cm³/mol. The van der Waals surface area contributed by atoms with Gasteiger partial charge in [0.05, 0.1) is 23.0 Å². The molecule has 0 saturated carbocycles. The minimum absolute atomic E-state index is 0.0764. The lowest BCUT2D eigenvalue weighted by Crippen LogP contribution is -2.41. The van der Waals surface area contributed by atoms with Crippen molar-refractivity contribution in [2.45, 2.75) is 32.3 Å². The molecule has 0 spiro atoms. The van der Waals surface area contributed by atoms with E-state index in [2.05, 4.69) is 15.3 Å². The summed E-state index contributed by atoms with van der Waals surface area (Å²) in [5.74, 6) is -0.0764. The first-order valence-electron chi connectivity index (χ1n) is 10.1. The normalized spacial score (nSPS) is 15.2. The highest BCUT2D eigenvalue weighted by atomic mass is 16.5. The Morgan fingerprint density at radius 2 is 2.07 bits per heavy atom. The number of carbonyl (C=O) groups is 1. The second kappa shape index (κ2) is 8.67. The number of benzene rings is 1. The summed E-state index contributed by atoms with van der Waals surface area (Å²) < 4.78 is 7.55. The molecule has 0 unspecified atom stereocenters. The quantitative estimate of drug-likeness (QED) is 0.643. The lowest BCUT2D eigenvalue weighted by Gasteiger charge is -2.31. The van der Waals surface area contributed by atoms with Crippen LogP contribution in [0.3, 0.4) is 0 Å². The van der Waals surface area contributed by atoms with E-state index in [0.29, 0.717) is 31.9 Å². The molecule has 1 amide bonds. The monoisotopic (exact) mass is 394 g/mol. The van der Waals surface area contributed by atoms with Gasteiger partial charge in [-0.1, -0.05) is 11.3 Å². The molecule has 4 rings (SSSR count). The minimum Gasteiger partial charge on any atom is -0.378 e. The molecule has 1 aliphatic rings. The number of fused-ring (bicyclic) bond motifs is 1. The predicted octanol–water partition coefficient (Wildman–Crippen LogP) is 2.09. The Balaban J connectivity index is 1.50. The van der Waals surface area contributed by atoms with Crippen molar-refractivity contribution in [3.8, 4) is 5.69 Å². The molecule has 1 aromatic carbocycles. The van der Waals surface area contributed by atoms with Crippen molar-refractivity contribution in [3.63, 3.8) is 0 Å². The number of carbonyl (C=O) groups excluding carboxylic acids is 1. The Kier molecular flexibility index (Phi) is 5.82. The number of nitrogens with two attached hydrogens (primary N) is 1. The number of pyridine rings is 1. The first-order valence-corrected chi connectivity index (χ1v) is 10.1. The van der Waals surface area contributed by atoms with Crippen LogP contribution in [-0.2, 0) is 4.74 Å². The van der Waals surface area contributed by atoms with E-state index in [4.69, 9.17) is 10.5 Å². The zero-order valence-corrected chi connectivity index (χ0v) is 16.6. The van der Waals surface area contributed by atoms with Gasteiger partial charge in [0.2, 0.25) is 0 Å². The first-order chi connectivity index (χ1) is 14.2. The summed E-state index contributed by atoms with van der Waals surface area (Å²) >= 11 is 0. The van der Waals surface area contributed by atoms with Crippen LogP contribution in [0.15, 0.2) is 36.5 Å². The molecular formula is C21H26N6O2. The summed E-state index contributed by atoms with van der Waals surface area (Å²) in [4.78, 5) is 19.3. The summed E-state index contributed by atoms with van der Waals surface area (Å²) in [6.07, 6.45) is 4.49. The van der Waals surface area contributed by atoms with Crippen molar-refractivity contribution < 1.29 is 9.53 Å². The molecule has 0 bridgehead atoms. The van der Waals surface area contributed by atoms with Gasteiger partial charge in [-0.25, -0.2) is 4.68 Å². The van der Waals surface area contributed by atoms with E-state index in [1.54, 1.807) is 10.9 Å². The van der Waals surface area contributed by atoms with E-state index in [9.17, 15) is 4.79 Å². The SMILES string of the molecule is Cc1c(C(=O)N2CCC(OCCCN)CC2)nnn1-c1cccc2ncccc12. The third kappa shape index (κ3) is 3.99. The maximum Gasteiger partial charge on any atom is 0.276 e. The number of likely N-dealkylation sites (tertiary alicyclic amines) is 1. The molecule has 0 aliphatic carbocycles. The van der Waals surface area contributed by atoms with E-state index < -0.39 is 0 Å². The van der Waals surface area contributed by atoms with Crippen LogP contribution >= 0.6 is 0 Å².